The van der Waals surface area contributed by atoms with Gasteiger partial charge in [-0.05, 0) is 30.3 Å². The number of amides is 1. The molecule has 0 aliphatic heterocycles. The van der Waals surface area contributed by atoms with Crippen LogP contribution in [-0.4, -0.2) is 17.9 Å². The van der Waals surface area contributed by atoms with Crippen molar-refractivity contribution < 1.29 is 4.79 Å². The maximum atomic E-state index is 12.6. The van der Waals surface area contributed by atoms with Crippen LogP contribution in [0.5, 0.6) is 0 Å². The van der Waals surface area contributed by atoms with Crippen LogP contribution in [0.4, 0.5) is 5.69 Å². The van der Waals surface area contributed by atoms with Gasteiger partial charge in [0.05, 0.1) is 11.4 Å². The molecule has 0 saturated heterocycles. The number of para-hydroxylation sites is 1. The standard InChI is InChI=1S/C19H16N2O/c1-21(19(22)15-9-3-2-4-10-15)18-13-6-5-11-16(18)17-12-7-8-14-20-17/h2-14H,1H3. The first-order chi connectivity index (χ1) is 10.8. The van der Waals surface area contributed by atoms with E-state index in [9.17, 15) is 4.79 Å². The summed E-state index contributed by atoms with van der Waals surface area (Å²) >= 11 is 0. The minimum Gasteiger partial charge on any atom is -0.311 e. The van der Waals surface area contributed by atoms with Crippen LogP contribution in [0.3, 0.4) is 0 Å². The summed E-state index contributed by atoms with van der Waals surface area (Å²) in [5, 5.41) is 0. The zero-order valence-corrected chi connectivity index (χ0v) is 12.3. The van der Waals surface area contributed by atoms with Gasteiger partial charge in [0, 0.05) is 24.4 Å². The van der Waals surface area contributed by atoms with E-state index in [2.05, 4.69) is 4.98 Å². The highest BCUT2D eigenvalue weighted by molar-refractivity contribution is 6.07. The van der Waals surface area contributed by atoms with Crippen molar-refractivity contribution in [2.75, 3.05) is 11.9 Å². The van der Waals surface area contributed by atoms with E-state index in [0.29, 0.717) is 5.56 Å². The van der Waals surface area contributed by atoms with E-state index >= 15 is 0 Å². The summed E-state index contributed by atoms with van der Waals surface area (Å²) in [7, 11) is 1.79. The van der Waals surface area contributed by atoms with Crippen molar-refractivity contribution in [3.8, 4) is 11.3 Å². The quantitative estimate of drug-likeness (QED) is 0.729. The Kier molecular flexibility index (Phi) is 3.97. The van der Waals surface area contributed by atoms with Crippen molar-refractivity contribution in [1.82, 2.24) is 4.98 Å². The summed E-state index contributed by atoms with van der Waals surface area (Å²) in [5.41, 5.74) is 3.30. The molecule has 0 aliphatic rings. The molecule has 0 aliphatic carbocycles. The molecule has 0 bridgehead atoms. The third-order valence-electron chi connectivity index (χ3n) is 3.53. The number of carbonyl (C=O) groups excluding carboxylic acids is 1. The topological polar surface area (TPSA) is 33.2 Å². The van der Waals surface area contributed by atoms with Crippen LogP contribution in [-0.2, 0) is 0 Å². The second kappa shape index (κ2) is 6.22. The number of hydrogen-bond acceptors (Lipinski definition) is 2. The normalized spacial score (nSPS) is 10.2. The molecule has 0 radical (unpaired) electrons. The molecule has 0 spiro atoms. The first kappa shape index (κ1) is 14.0. The summed E-state index contributed by atoms with van der Waals surface area (Å²) in [5.74, 6) is -0.0380. The Hall–Kier alpha value is -2.94. The van der Waals surface area contributed by atoms with E-state index in [0.717, 1.165) is 16.9 Å². The van der Waals surface area contributed by atoms with E-state index in [4.69, 9.17) is 0 Å². The van der Waals surface area contributed by atoms with Crippen molar-refractivity contribution >= 4 is 11.6 Å². The Balaban J connectivity index is 2.00. The van der Waals surface area contributed by atoms with Gasteiger partial charge >= 0.3 is 0 Å². The predicted molar refractivity (Wildman–Crippen MR) is 88.8 cm³/mol. The highest BCUT2D eigenvalue weighted by Crippen LogP contribution is 2.29. The molecule has 22 heavy (non-hydrogen) atoms. The molecule has 0 fully saturated rings. The van der Waals surface area contributed by atoms with Crippen molar-refractivity contribution in [1.29, 1.82) is 0 Å². The van der Waals surface area contributed by atoms with Gasteiger partial charge in [-0.15, -0.1) is 0 Å². The monoisotopic (exact) mass is 288 g/mol. The summed E-state index contributed by atoms with van der Waals surface area (Å²) < 4.78 is 0. The third kappa shape index (κ3) is 2.74. The second-order valence-electron chi connectivity index (χ2n) is 4.96. The molecule has 1 heterocycles. The molecule has 1 amide bonds. The largest absolute Gasteiger partial charge is 0.311 e. The molecule has 3 heteroatoms. The molecule has 3 aromatic rings. The van der Waals surface area contributed by atoms with Crippen LogP contribution in [0.25, 0.3) is 11.3 Å². The molecular formula is C19H16N2O. The summed E-state index contributed by atoms with van der Waals surface area (Å²) in [4.78, 5) is 18.7. The first-order valence-corrected chi connectivity index (χ1v) is 7.11. The fourth-order valence-corrected chi connectivity index (χ4v) is 2.39. The predicted octanol–water partition coefficient (Wildman–Crippen LogP) is 4.03. The van der Waals surface area contributed by atoms with Gasteiger partial charge in [0.2, 0.25) is 0 Å². The molecule has 3 nitrogen and oxygen atoms in total. The van der Waals surface area contributed by atoms with E-state index < -0.39 is 0 Å². The van der Waals surface area contributed by atoms with E-state index in [1.165, 1.54) is 0 Å². The van der Waals surface area contributed by atoms with Crippen LogP contribution in [0.1, 0.15) is 10.4 Å². The van der Waals surface area contributed by atoms with Crippen LogP contribution < -0.4 is 4.90 Å². The fraction of sp³-hybridized carbons (Fsp3) is 0.0526. The van der Waals surface area contributed by atoms with Gasteiger partial charge in [-0.1, -0.05) is 42.5 Å². The van der Waals surface area contributed by atoms with Crippen molar-refractivity contribution in [3.05, 3.63) is 84.6 Å². The highest BCUT2D eigenvalue weighted by atomic mass is 16.2. The summed E-state index contributed by atoms with van der Waals surface area (Å²) in [6, 6.07) is 22.8. The minimum absolute atomic E-state index is 0.0380. The lowest BCUT2D eigenvalue weighted by atomic mass is 10.1. The molecule has 2 aromatic carbocycles. The van der Waals surface area contributed by atoms with Crippen LogP contribution in [0, 0.1) is 0 Å². The van der Waals surface area contributed by atoms with Crippen molar-refractivity contribution in [3.63, 3.8) is 0 Å². The van der Waals surface area contributed by atoms with E-state index in [-0.39, 0.29) is 5.91 Å². The van der Waals surface area contributed by atoms with Gasteiger partial charge in [0.25, 0.3) is 5.91 Å². The minimum atomic E-state index is -0.0380. The number of aromatic nitrogens is 1. The van der Waals surface area contributed by atoms with Gasteiger partial charge in [-0.3, -0.25) is 9.78 Å². The number of rotatable bonds is 3. The first-order valence-electron chi connectivity index (χ1n) is 7.11. The van der Waals surface area contributed by atoms with Gasteiger partial charge in [0.1, 0.15) is 0 Å². The maximum Gasteiger partial charge on any atom is 0.258 e. The Bertz CT molecular complexity index is 770. The van der Waals surface area contributed by atoms with E-state index in [1.807, 2.05) is 72.8 Å². The Morgan fingerprint density at radius 3 is 2.27 bits per heavy atom. The Morgan fingerprint density at radius 1 is 0.864 bits per heavy atom. The second-order valence-corrected chi connectivity index (χ2v) is 4.96. The molecule has 3 rings (SSSR count). The van der Waals surface area contributed by atoms with Crippen LogP contribution in [0.15, 0.2) is 79.0 Å². The number of anilines is 1. The number of pyridine rings is 1. The van der Waals surface area contributed by atoms with Crippen LogP contribution >= 0.6 is 0 Å². The van der Waals surface area contributed by atoms with Crippen LogP contribution in [0.2, 0.25) is 0 Å². The fourth-order valence-electron chi connectivity index (χ4n) is 2.39. The molecule has 0 unspecified atom stereocenters. The molecular weight excluding hydrogens is 272 g/mol. The molecule has 108 valence electrons. The highest BCUT2D eigenvalue weighted by Gasteiger charge is 2.16. The Labute approximate surface area is 129 Å². The average Bonchev–Trinajstić information content (AvgIpc) is 2.62. The average molecular weight is 288 g/mol. The Morgan fingerprint density at radius 2 is 1.55 bits per heavy atom. The SMILES string of the molecule is CN(C(=O)c1ccccc1)c1ccccc1-c1ccccn1. The molecule has 0 atom stereocenters. The molecule has 1 aromatic heterocycles. The number of hydrogen-bond donors (Lipinski definition) is 0. The van der Waals surface area contributed by atoms with Crippen molar-refractivity contribution in [2.45, 2.75) is 0 Å². The van der Waals surface area contributed by atoms with Gasteiger partial charge in [-0.25, -0.2) is 0 Å². The number of benzene rings is 2. The lowest BCUT2D eigenvalue weighted by molar-refractivity contribution is 0.0993. The zero-order chi connectivity index (χ0) is 15.4. The number of nitrogens with zero attached hydrogens (tertiary/aromatic N) is 2. The lowest BCUT2D eigenvalue weighted by Crippen LogP contribution is -2.26. The lowest BCUT2D eigenvalue weighted by Gasteiger charge is -2.20. The molecule has 0 saturated carbocycles. The smallest absolute Gasteiger partial charge is 0.258 e. The van der Waals surface area contributed by atoms with Gasteiger partial charge in [-0.2, -0.15) is 0 Å². The van der Waals surface area contributed by atoms with E-state index in [1.54, 1.807) is 18.1 Å². The summed E-state index contributed by atoms with van der Waals surface area (Å²) in [6.45, 7) is 0. The molecule has 0 N–H and O–H groups in total. The number of carbonyl (C=O) groups is 1. The van der Waals surface area contributed by atoms with Crippen molar-refractivity contribution in [2.24, 2.45) is 0 Å². The summed E-state index contributed by atoms with van der Waals surface area (Å²) in [6.07, 6.45) is 1.76. The third-order valence-corrected chi connectivity index (χ3v) is 3.53. The van der Waals surface area contributed by atoms with Gasteiger partial charge in [0.15, 0.2) is 0 Å². The zero-order valence-electron chi connectivity index (χ0n) is 12.3. The van der Waals surface area contributed by atoms with Gasteiger partial charge < -0.3 is 4.90 Å². The maximum absolute atomic E-state index is 12.6.